The molecule has 0 saturated carbocycles. The number of nitrogens with one attached hydrogen (secondary N) is 1. The first-order valence-electron chi connectivity index (χ1n) is 9.82. The maximum absolute atomic E-state index is 12.3. The molecule has 0 radical (unpaired) electrons. The van der Waals surface area contributed by atoms with Crippen molar-refractivity contribution >= 4 is 28.3 Å². The molecule has 13 heteroatoms. The van der Waals surface area contributed by atoms with Gasteiger partial charge in [0.25, 0.3) is 0 Å². The number of amides is 1. The fourth-order valence-corrected chi connectivity index (χ4v) is 3.52. The molecule has 0 saturated heterocycles. The lowest BCUT2D eigenvalue weighted by Gasteiger charge is -2.08. The SMILES string of the molecule is COc1ccccc1CC(=O)Nc1nnc(Cc2ccc(OC)c(OC)c2)s1.O=C(O)C(F)(F)F. The topological polar surface area (TPSA) is 120 Å². The van der Waals surface area contributed by atoms with Crippen molar-refractivity contribution in [1.82, 2.24) is 10.2 Å². The van der Waals surface area contributed by atoms with Crippen molar-refractivity contribution < 1.29 is 42.1 Å². The second-order valence-electron chi connectivity index (χ2n) is 6.71. The number of hydrogen-bond acceptors (Lipinski definition) is 8. The van der Waals surface area contributed by atoms with Gasteiger partial charge in [0.1, 0.15) is 10.8 Å². The van der Waals surface area contributed by atoms with Gasteiger partial charge in [-0.05, 0) is 23.8 Å². The van der Waals surface area contributed by atoms with Gasteiger partial charge in [-0.1, -0.05) is 35.6 Å². The highest BCUT2D eigenvalue weighted by Crippen LogP contribution is 2.29. The molecule has 1 aromatic heterocycles. The number of rotatable bonds is 8. The minimum atomic E-state index is -5.08. The number of halogens is 3. The van der Waals surface area contributed by atoms with Crippen LogP contribution in [-0.2, 0) is 22.4 Å². The molecule has 2 aromatic carbocycles. The van der Waals surface area contributed by atoms with Crippen molar-refractivity contribution in [2.24, 2.45) is 0 Å². The number of hydrogen-bond donors (Lipinski definition) is 2. The van der Waals surface area contributed by atoms with E-state index < -0.39 is 12.1 Å². The van der Waals surface area contributed by atoms with E-state index in [9.17, 15) is 18.0 Å². The summed E-state index contributed by atoms with van der Waals surface area (Å²) in [6.45, 7) is 0. The van der Waals surface area contributed by atoms with E-state index in [0.29, 0.717) is 28.8 Å². The normalized spacial score (nSPS) is 10.6. The quantitative estimate of drug-likeness (QED) is 0.464. The van der Waals surface area contributed by atoms with E-state index in [1.54, 1.807) is 21.3 Å². The fourth-order valence-electron chi connectivity index (χ4n) is 2.73. The van der Waals surface area contributed by atoms with Crippen molar-refractivity contribution in [1.29, 1.82) is 0 Å². The van der Waals surface area contributed by atoms with Gasteiger partial charge in [-0.15, -0.1) is 10.2 Å². The molecule has 1 amide bonds. The maximum atomic E-state index is 12.3. The van der Waals surface area contributed by atoms with Crippen LogP contribution in [0.25, 0.3) is 0 Å². The summed E-state index contributed by atoms with van der Waals surface area (Å²) in [5, 5.41) is 19.4. The number of carbonyl (C=O) groups is 2. The first kappa shape index (κ1) is 27.4. The Hall–Kier alpha value is -3.87. The molecule has 0 fully saturated rings. The Morgan fingerprint density at radius 3 is 2.20 bits per heavy atom. The molecule has 0 atom stereocenters. The van der Waals surface area contributed by atoms with Gasteiger partial charge in [0.2, 0.25) is 11.0 Å². The smallest absolute Gasteiger partial charge is 0.490 e. The number of alkyl halides is 3. The molecular weight excluding hydrogens is 491 g/mol. The first-order chi connectivity index (χ1) is 16.6. The van der Waals surface area contributed by atoms with Crippen molar-refractivity contribution in [3.05, 3.63) is 58.6 Å². The first-order valence-corrected chi connectivity index (χ1v) is 10.6. The van der Waals surface area contributed by atoms with Crippen LogP contribution < -0.4 is 19.5 Å². The maximum Gasteiger partial charge on any atom is 0.490 e. The number of nitrogens with zero attached hydrogens (tertiary/aromatic N) is 2. The Morgan fingerprint density at radius 1 is 0.971 bits per heavy atom. The summed E-state index contributed by atoms with van der Waals surface area (Å²) >= 11 is 1.34. The summed E-state index contributed by atoms with van der Waals surface area (Å²) in [4.78, 5) is 21.2. The van der Waals surface area contributed by atoms with E-state index in [2.05, 4.69) is 15.5 Å². The van der Waals surface area contributed by atoms with Gasteiger partial charge in [0.15, 0.2) is 11.5 Å². The van der Waals surface area contributed by atoms with E-state index >= 15 is 0 Å². The summed E-state index contributed by atoms with van der Waals surface area (Å²) in [5.74, 6) is -0.905. The number of para-hydroxylation sites is 1. The molecule has 3 aromatic rings. The summed E-state index contributed by atoms with van der Waals surface area (Å²) in [7, 11) is 4.78. The molecule has 0 unspecified atom stereocenters. The Kier molecular flexibility index (Phi) is 9.82. The lowest BCUT2D eigenvalue weighted by molar-refractivity contribution is -0.192. The zero-order valence-corrected chi connectivity index (χ0v) is 19.7. The van der Waals surface area contributed by atoms with Gasteiger partial charge < -0.3 is 24.6 Å². The average molecular weight is 513 g/mol. The Labute approximate surface area is 202 Å². The number of methoxy groups -OCH3 is 3. The second-order valence-corrected chi connectivity index (χ2v) is 7.77. The van der Waals surface area contributed by atoms with E-state index in [-0.39, 0.29) is 12.3 Å². The molecule has 0 spiro atoms. The predicted octanol–water partition coefficient (Wildman–Crippen LogP) is 3.97. The van der Waals surface area contributed by atoms with Crippen LogP contribution in [0.4, 0.5) is 18.3 Å². The Morgan fingerprint density at radius 2 is 1.60 bits per heavy atom. The zero-order chi connectivity index (χ0) is 26.0. The number of aromatic nitrogens is 2. The highest BCUT2D eigenvalue weighted by molar-refractivity contribution is 7.15. The molecule has 188 valence electrons. The zero-order valence-electron chi connectivity index (χ0n) is 18.9. The number of ether oxygens (including phenoxy) is 3. The van der Waals surface area contributed by atoms with Crippen LogP contribution in [0.5, 0.6) is 17.2 Å². The standard InChI is InChI=1S/C20H21N3O4S.C2HF3O2/c1-25-15-7-5-4-6-14(15)12-18(24)21-20-23-22-19(28-20)11-13-8-9-16(26-2)17(10-13)27-3;3-2(4,5)1(6)7/h4-10H,11-12H2,1-3H3,(H,21,23,24);(H,6,7). The number of anilines is 1. The molecule has 3 rings (SSSR count). The highest BCUT2D eigenvalue weighted by Gasteiger charge is 2.38. The molecule has 1 heterocycles. The molecule has 0 aliphatic rings. The van der Waals surface area contributed by atoms with Crippen molar-refractivity contribution in [3.8, 4) is 17.2 Å². The van der Waals surface area contributed by atoms with Gasteiger partial charge in [0.05, 0.1) is 27.8 Å². The van der Waals surface area contributed by atoms with Crippen LogP contribution in [0.3, 0.4) is 0 Å². The van der Waals surface area contributed by atoms with Crippen LogP contribution in [0.15, 0.2) is 42.5 Å². The number of carboxylic acids is 1. The van der Waals surface area contributed by atoms with Gasteiger partial charge >= 0.3 is 12.1 Å². The molecule has 9 nitrogen and oxygen atoms in total. The minimum absolute atomic E-state index is 0.168. The Bertz CT molecular complexity index is 1150. The number of carbonyl (C=O) groups excluding carboxylic acids is 1. The molecule has 0 aliphatic heterocycles. The van der Waals surface area contributed by atoms with Gasteiger partial charge in [-0.2, -0.15) is 13.2 Å². The van der Waals surface area contributed by atoms with Gasteiger partial charge in [0, 0.05) is 12.0 Å². The van der Waals surface area contributed by atoms with Crippen LogP contribution in [0.1, 0.15) is 16.1 Å². The summed E-state index contributed by atoms with van der Waals surface area (Å²) in [6, 6.07) is 13.1. The summed E-state index contributed by atoms with van der Waals surface area (Å²) in [5.41, 5.74) is 1.83. The third-order valence-electron chi connectivity index (χ3n) is 4.30. The van der Waals surface area contributed by atoms with E-state index in [1.807, 2.05) is 42.5 Å². The fraction of sp³-hybridized carbons (Fsp3) is 0.273. The summed E-state index contributed by atoms with van der Waals surface area (Å²) in [6.07, 6.45) is -4.30. The molecular formula is C22H22F3N3O6S. The van der Waals surface area contributed by atoms with E-state index in [4.69, 9.17) is 24.1 Å². The molecule has 0 bridgehead atoms. The molecule has 0 aliphatic carbocycles. The summed E-state index contributed by atoms with van der Waals surface area (Å²) < 4.78 is 47.6. The van der Waals surface area contributed by atoms with Crippen LogP contribution in [-0.4, -0.2) is 54.7 Å². The third kappa shape index (κ3) is 8.45. The second kappa shape index (κ2) is 12.6. The van der Waals surface area contributed by atoms with Crippen molar-refractivity contribution in [3.63, 3.8) is 0 Å². The predicted molar refractivity (Wildman–Crippen MR) is 121 cm³/mol. The van der Waals surface area contributed by atoms with Gasteiger partial charge in [-0.3, -0.25) is 4.79 Å². The number of benzene rings is 2. The number of carboxylic acid groups (broad SMARTS) is 1. The lowest BCUT2D eigenvalue weighted by atomic mass is 10.1. The number of aliphatic carboxylic acids is 1. The molecule has 2 N–H and O–H groups in total. The van der Waals surface area contributed by atoms with Crippen LogP contribution in [0, 0.1) is 0 Å². The van der Waals surface area contributed by atoms with E-state index in [1.165, 1.54) is 11.3 Å². The lowest BCUT2D eigenvalue weighted by Crippen LogP contribution is -2.21. The van der Waals surface area contributed by atoms with E-state index in [0.717, 1.165) is 16.1 Å². The minimum Gasteiger partial charge on any atom is -0.496 e. The third-order valence-corrected chi connectivity index (χ3v) is 5.14. The largest absolute Gasteiger partial charge is 0.496 e. The van der Waals surface area contributed by atoms with Gasteiger partial charge in [-0.25, -0.2) is 4.79 Å². The average Bonchev–Trinajstić information content (AvgIpc) is 3.25. The van der Waals surface area contributed by atoms with Crippen molar-refractivity contribution in [2.75, 3.05) is 26.6 Å². The Balaban J connectivity index is 0.000000540. The van der Waals surface area contributed by atoms with Crippen LogP contribution >= 0.6 is 11.3 Å². The highest BCUT2D eigenvalue weighted by atomic mass is 32.1. The van der Waals surface area contributed by atoms with Crippen LogP contribution in [0.2, 0.25) is 0 Å². The van der Waals surface area contributed by atoms with Crippen molar-refractivity contribution in [2.45, 2.75) is 19.0 Å². The monoisotopic (exact) mass is 513 g/mol. The molecule has 35 heavy (non-hydrogen) atoms.